The number of nitrogens with zero attached hydrogens (tertiary/aromatic N) is 1. The monoisotopic (exact) mass is 235 g/mol. The van der Waals surface area contributed by atoms with E-state index in [0.717, 1.165) is 13.1 Å². The third-order valence-electron chi connectivity index (χ3n) is 3.42. The van der Waals surface area contributed by atoms with Gasteiger partial charge in [-0.25, -0.2) is 0 Å². The minimum Gasteiger partial charge on any atom is -0.340 e. The van der Waals surface area contributed by atoms with Gasteiger partial charge in [-0.05, 0) is 37.5 Å². The van der Waals surface area contributed by atoms with Crippen LogP contribution >= 0.6 is 23.2 Å². The molecule has 14 heavy (non-hydrogen) atoms. The largest absolute Gasteiger partial charge is 0.340 e. The Labute approximate surface area is 94.5 Å². The first-order chi connectivity index (χ1) is 6.66. The van der Waals surface area contributed by atoms with Crippen LogP contribution in [0.2, 0.25) is 0 Å². The fourth-order valence-corrected chi connectivity index (χ4v) is 2.89. The highest BCUT2D eigenvalue weighted by Gasteiger charge is 2.32. The summed E-state index contributed by atoms with van der Waals surface area (Å²) in [6, 6.07) is 0. The molecule has 2 nitrogen and oxygen atoms in total. The predicted molar refractivity (Wildman–Crippen MR) is 57.5 cm³/mol. The highest BCUT2D eigenvalue weighted by atomic mass is 35.5. The number of carbonyl (C=O) groups excluding carboxylic acids is 1. The van der Waals surface area contributed by atoms with Crippen molar-refractivity contribution in [1.82, 2.24) is 4.90 Å². The number of amides is 1. The van der Waals surface area contributed by atoms with Crippen molar-refractivity contribution in [3.05, 3.63) is 0 Å². The molecule has 3 aliphatic rings. The maximum Gasteiger partial charge on any atom is 0.255 e. The number of carbonyl (C=O) groups is 1. The van der Waals surface area contributed by atoms with Crippen molar-refractivity contribution in [2.45, 2.75) is 30.5 Å². The Hall–Kier alpha value is 0.0500. The lowest BCUT2D eigenvalue weighted by Crippen LogP contribution is -2.38. The highest BCUT2D eigenvalue weighted by molar-refractivity contribution is 6.53. The zero-order valence-electron chi connectivity index (χ0n) is 8.09. The number of fused-ring (bicyclic) bond motifs is 4. The summed E-state index contributed by atoms with van der Waals surface area (Å²) in [5.74, 6) is 1.27. The molecule has 2 heterocycles. The number of hydrogen-bond donors (Lipinski definition) is 0. The number of alkyl halides is 2. The van der Waals surface area contributed by atoms with Crippen molar-refractivity contribution in [3.8, 4) is 0 Å². The molecular weight excluding hydrogens is 221 g/mol. The molecule has 0 aromatic heterocycles. The summed E-state index contributed by atoms with van der Waals surface area (Å²) < 4.78 is 0. The third-order valence-corrected chi connectivity index (χ3v) is 3.80. The van der Waals surface area contributed by atoms with E-state index in [1.54, 1.807) is 0 Å². The van der Waals surface area contributed by atoms with E-state index in [4.69, 9.17) is 23.2 Å². The summed E-state index contributed by atoms with van der Waals surface area (Å²) in [6.45, 7) is 1.73. The van der Waals surface area contributed by atoms with Gasteiger partial charge in [0.05, 0.1) is 0 Å². The molecule has 3 rings (SSSR count). The first-order valence-corrected chi connectivity index (χ1v) is 6.11. The molecule has 1 amide bonds. The number of halogens is 2. The second-order valence-corrected chi connectivity index (χ2v) is 5.53. The Morgan fingerprint density at radius 1 is 1.07 bits per heavy atom. The Morgan fingerprint density at radius 3 is 1.86 bits per heavy atom. The lowest BCUT2D eigenvalue weighted by Gasteiger charge is -2.22. The van der Waals surface area contributed by atoms with Crippen LogP contribution in [0, 0.1) is 11.8 Å². The summed E-state index contributed by atoms with van der Waals surface area (Å²) in [6.07, 6.45) is 5.07. The van der Waals surface area contributed by atoms with E-state index in [2.05, 4.69) is 0 Å². The van der Waals surface area contributed by atoms with E-state index in [-0.39, 0.29) is 5.91 Å². The van der Waals surface area contributed by atoms with Crippen LogP contribution in [0.25, 0.3) is 0 Å². The van der Waals surface area contributed by atoms with Crippen molar-refractivity contribution in [2.24, 2.45) is 11.8 Å². The average molecular weight is 236 g/mol. The number of hydrogen-bond acceptors (Lipinski definition) is 1. The van der Waals surface area contributed by atoms with Crippen molar-refractivity contribution in [1.29, 1.82) is 0 Å². The predicted octanol–water partition coefficient (Wildman–Crippen LogP) is 2.44. The van der Waals surface area contributed by atoms with Gasteiger partial charge in [-0.1, -0.05) is 23.2 Å². The van der Waals surface area contributed by atoms with Crippen molar-refractivity contribution in [2.75, 3.05) is 13.1 Å². The highest BCUT2D eigenvalue weighted by Crippen LogP contribution is 2.34. The molecule has 2 bridgehead atoms. The number of rotatable bonds is 1. The van der Waals surface area contributed by atoms with Crippen LogP contribution in [0.3, 0.4) is 0 Å². The van der Waals surface area contributed by atoms with E-state index in [1.807, 2.05) is 4.90 Å². The van der Waals surface area contributed by atoms with Gasteiger partial charge in [0.2, 0.25) is 0 Å². The second kappa shape index (κ2) is 4.28. The van der Waals surface area contributed by atoms with E-state index < -0.39 is 4.84 Å². The van der Waals surface area contributed by atoms with Gasteiger partial charge in [0.15, 0.2) is 4.84 Å². The molecule has 2 aliphatic heterocycles. The maximum absolute atomic E-state index is 11.6. The van der Waals surface area contributed by atoms with E-state index in [1.165, 1.54) is 25.7 Å². The van der Waals surface area contributed by atoms with Crippen molar-refractivity contribution in [3.63, 3.8) is 0 Å². The zero-order valence-corrected chi connectivity index (χ0v) is 9.60. The minimum absolute atomic E-state index is 0.105. The summed E-state index contributed by atoms with van der Waals surface area (Å²) in [4.78, 5) is 12.6. The van der Waals surface area contributed by atoms with Crippen LogP contribution in [-0.4, -0.2) is 28.7 Å². The Morgan fingerprint density at radius 2 is 1.50 bits per heavy atom. The Balaban J connectivity index is 2.03. The Bertz CT molecular complexity index is 210. The van der Waals surface area contributed by atoms with Crippen LogP contribution in [0.15, 0.2) is 0 Å². The fraction of sp³-hybridized carbons (Fsp3) is 0.900. The van der Waals surface area contributed by atoms with Crippen molar-refractivity contribution >= 4 is 29.1 Å². The molecule has 0 aromatic carbocycles. The summed E-state index contributed by atoms with van der Waals surface area (Å²) in [5, 5.41) is 0. The van der Waals surface area contributed by atoms with Gasteiger partial charge >= 0.3 is 0 Å². The van der Waals surface area contributed by atoms with Crippen LogP contribution in [0.1, 0.15) is 25.7 Å². The van der Waals surface area contributed by atoms with Gasteiger partial charge in [0.25, 0.3) is 5.91 Å². The van der Waals surface area contributed by atoms with Crippen LogP contribution < -0.4 is 0 Å². The molecule has 0 radical (unpaired) electrons. The smallest absolute Gasteiger partial charge is 0.255 e. The fourth-order valence-electron chi connectivity index (χ4n) is 2.61. The molecule has 1 saturated carbocycles. The van der Waals surface area contributed by atoms with Gasteiger partial charge in [-0.15, -0.1) is 0 Å². The minimum atomic E-state index is -0.882. The molecule has 4 heteroatoms. The molecule has 0 N–H and O–H groups in total. The summed E-state index contributed by atoms with van der Waals surface area (Å²) in [5.41, 5.74) is 0. The molecule has 3 fully saturated rings. The Kier molecular flexibility index (Phi) is 3.23. The normalized spacial score (nSPS) is 32.1. The third kappa shape index (κ3) is 2.17. The SMILES string of the molecule is O=C(C(Cl)Cl)N1CC2CCC(CC2)C1. The summed E-state index contributed by atoms with van der Waals surface area (Å²) in [7, 11) is 0. The quantitative estimate of drug-likeness (QED) is 0.640. The van der Waals surface area contributed by atoms with Gasteiger partial charge in [0.1, 0.15) is 0 Å². The maximum atomic E-state index is 11.6. The van der Waals surface area contributed by atoms with Gasteiger partial charge in [-0.2, -0.15) is 0 Å². The van der Waals surface area contributed by atoms with E-state index in [9.17, 15) is 4.79 Å². The molecular formula is C10H15Cl2NO. The molecule has 0 unspecified atom stereocenters. The molecule has 0 atom stereocenters. The lowest BCUT2D eigenvalue weighted by atomic mass is 9.84. The van der Waals surface area contributed by atoms with E-state index >= 15 is 0 Å². The second-order valence-electron chi connectivity index (χ2n) is 4.43. The van der Waals surface area contributed by atoms with Crippen LogP contribution in [0.5, 0.6) is 0 Å². The van der Waals surface area contributed by atoms with Gasteiger partial charge < -0.3 is 4.90 Å². The van der Waals surface area contributed by atoms with Crippen molar-refractivity contribution < 1.29 is 4.79 Å². The zero-order chi connectivity index (χ0) is 10.1. The molecule has 2 saturated heterocycles. The molecule has 80 valence electrons. The first kappa shape index (κ1) is 10.6. The molecule has 0 aromatic rings. The summed E-state index contributed by atoms with van der Waals surface area (Å²) >= 11 is 11.2. The average Bonchev–Trinajstić information content (AvgIpc) is 2.48. The van der Waals surface area contributed by atoms with Gasteiger partial charge in [0, 0.05) is 13.1 Å². The topological polar surface area (TPSA) is 20.3 Å². The van der Waals surface area contributed by atoms with Crippen LogP contribution in [-0.2, 0) is 4.79 Å². The van der Waals surface area contributed by atoms with E-state index in [0.29, 0.717) is 11.8 Å². The van der Waals surface area contributed by atoms with Gasteiger partial charge in [-0.3, -0.25) is 4.79 Å². The van der Waals surface area contributed by atoms with Crippen LogP contribution in [0.4, 0.5) is 0 Å². The molecule has 0 spiro atoms. The standard InChI is InChI=1S/C10H15Cl2NO/c11-9(12)10(14)13-5-7-1-2-8(6-13)4-3-7/h7-9H,1-6H2. The molecule has 1 aliphatic carbocycles. The first-order valence-electron chi connectivity index (χ1n) is 5.23. The lowest BCUT2D eigenvalue weighted by molar-refractivity contribution is -0.129.